The molecule has 1 aromatic rings. The van der Waals surface area contributed by atoms with Crippen LogP contribution in [0.4, 0.5) is 4.39 Å². The Hall–Kier alpha value is -0.930. The van der Waals surface area contributed by atoms with Crippen LogP contribution in [0.5, 0.6) is 0 Å². The molecule has 0 amide bonds. The highest BCUT2D eigenvalue weighted by atomic mass is 19.1. The topological polar surface area (TPSA) is 23.5 Å². The monoisotopic (exact) mass is 211 g/mol. The van der Waals surface area contributed by atoms with Gasteiger partial charge in [0.2, 0.25) is 0 Å². The Kier molecular flexibility index (Phi) is 4.72. The van der Waals surface area contributed by atoms with Gasteiger partial charge in [-0.2, -0.15) is 0 Å². The number of halogens is 1. The zero-order valence-electron chi connectivity index (χ0n) is 9.33. The molecule has 0 aliphatic heterocycles. The van der Waals surface area contributed by atoms with Gasteiger partial charge in [0.15, 0.2) is 0 Å². The van der Waals surface area contributed by atoms with Gasteiger partial charge < -0.3 is 10.0 Å². The molecule has 1 rings (SSSR count). The predicted octanol–water partition coefficient (Wildman–Crippen LogP) is 1.95. The third kappa shape index (κ3) is 3.98. The molecule has 0 aliphatic rings. The summed E-state index contributed by atoms with van der Waals surface area (Å²) < 4.78 is 13.0. The lowest BCUT2D eigenvalue weighted by Gasteiger charge is -2.16. The fraction of sp³-hybridized carbons (Fsp3) is 0.500. The summed E-state index contributed by atoms with van der Waals surface area (Å²) in [6, 6.07) is 5.17. The van der Waals surface area contributed by atoms with E-state index in [2.05, 4.69) is 4.90 Å². The number of aliphatic hydroxyl groups excluding tert-OH is 1. The molecule has 0 saturated heterocycles. The van der Waals surface area contributed by atoms with Gasteiger partial charge in [-0.25, -0.2) is 4.39 Å². The second-order valence-corrected chi connectivity index (χ2v) is 3.90. The van der Waals surface area contributed by atoms with Crippen molar-refractivity contribution in [1.29, 1.82) is 0 Å². The zero-order chi connectivity index (χ0) is 11.3. The second-order valence-electron chi connectivity index (χ2n) is 3.90. The van der Waals surface area contributed by atoms with E-state index in [4.69, 9.17) is 5.11 Å². The Morgan fingerprint density at radius 2 is 2.13 bits per heavy atom. The summed E-state index contributed by atoms with van der Waals surface area (Å²) in [5.74, 6) is -0.156. The summed E-state index contributed by atoms with van der Waals surface area (Å²) in [5, 5.41) is 8.69. The molecule has 0 aromatic heterocycles. The predicted molar refractivity (Wildman–Crippen MR) is 59.2 cm³/mol. The summed E-state index contributed by atoms with van der Waals surface area (Å²) in [5.41, 5.74) is 1.79. The van der Waals surface area contributed by atoms with E-state index in [1.54, 1.807) is 13.0 Å². The number of aliphatic hydroxyl groups is 1. The fourth-order valence-corrected chi connectivity index (χ4v) is 1.54. The lowest BCUT2D eigenvalue weighted by molar-refractivity contribution is 0.244. The molecule has 2 nitrogen and oxygen atoms in total. The summed E-state index contributed by atoms with van der Waals surface area (Å²) >= 11 is 0. The van der Waals surface area contributed by atoms with E-state index in [1.807, 2.05) is 13.1 Å². The van der Waals surface area contributed by atoms with Crippen LogP contribution in [0.3, 0.4) is 0 Å². The largest absolute Gasteiger partial charge is 0.396 e. The average molecular weight is 211 g/mol. The summed E-state index contributed by atoms with van der Waals surface area (Å²) in [6.07, 6.45) is 0.774. The first kappa shape index (κ1) is 12.1. The number of aryl methyl sites for hydroxylation is 1. The third-order valence-electron chi connectivity index (χ3n) is 2.37. The quantitative estimate of drug-likeness (QED) is 0.804. The van der Waals surface area contributed by atoms with Crippen LogP contribution in [-0.4, -0.2) is 30.2 Å². The van der Waals surface area contributed by atoms with Gasteiger partial charge in [0.1, 0.15) is 5.82 Å². The van der Waals surface area contributed by atoms with Crippen molar-refractivity contribution in [3.05, 3.63) is 35.1 Å². The van der Waals surface area contributed by atoms with Gasteiger partial charge >= 0.3 is 0 Å². The Morgan fingerprint density at radius 3 is 2.73 bits per heavy atom. The molecule has 0 aliphatic carbocycles. The van der Waals surface area contributed by atoms with Crippen molar-refractivity contribution in [3.63, 3.8) is 0 Å². The van der Waals surface area contributed by atoms with E-state index in [1.165, 1.54) is 6.07 Å². The maximum absolute atomic E-state index is 13.0. The first-order valence-electron chi connectivity index (χ1n) is 5.18. The fourth-order valence-electron chi connectivity index (χ4n) is 1.54. The molecule has 3 heteroatoms. The van der Waals surface area contributed by atoms with E-state index in [-0.39, 0.29) is 12.4 Å². The van der Waals surface area contributed by atoms with Crippen molar-refractivity contribution in [1.82, 2.24) is 4.90 Å². The molecule has 1 N–H and O–H groups in total. The zero-order valence-corrected chi connectivity index (χ0v) is 9.33. The van der Waals surface area contributed by atoms with Crippen LogP contribution in [0.15, 0.2) is 18.2 Å². The van der Waals surface area contributed by atoms with Crippen molar-refractivity contribution < 1.29 is 9.50 Å². The minimum atomic E-state index is -0.156. The normalized spacial score (nSPS) is 11.0. The van der Waals surface area contributed by atoms with Crippen LogP contribution in [0, 0.1) is 12.7 Å². The number of nitrogens with zero attached hydrogens (tertiary/aromatic N) is 1. The van der Waals surface area contributed by atoms with Gasteiger partial charge in [-0.1, -0.05) is 12.1 Å². The van der Waals surface area contributed by atoms with Crippen molar-refractivity contribution in [2.75, 3.05) is 20.2 Å². The molecule has 0 bridgehead atoms. The van der Waals surface area contributed by atoms with Crippen LogP contribution in [0.2, 0.25) is 0 Å². The molecular weight excluding hydrogens is 193 g/mol. The Bertz CT molecular complexity index is 314. The maximum Gasteiger partial charge on any atom is 0.126 e. The highest BCUT2D eigenvalue weighted by Gasteiger charge is 2.02. The van der Waals surface area contributed by atoms with Crippen molar-refractivity contribution in [2.24, 2.45) is 0 Å². The van der Waals surface area contributed by atoms with E-state index < -0.39 is 0 Å². The Labute approximate surface area is 90.3 Å². The first-order valence-corrected chi connectivity index (χ1v) is 5.18. The number of rotatable bonds is 5. The van der Waals surface area contributed by atoms with Gasteiger partial charge in [0.05, 0.1) is 0 Å². The molecule has 15 heavy (non-hydrogen) atoms. The highest BCUT2D eigenvalue weighted by Crippen LogP contribution is 2.10. The summed E-state index contributed by atoms with van der Waals surface area (Å²) in [7, 11) is 1.99. The van der Waals surface area contributed by atoms with Gasteiger partial charge in [-0.15, -0.1) is 0 Å². The molecule has 84 valence electrons. The number of benzene rings is 1. The van der Waals surface area contributed by atoms with Gasteiger partial charge in [0, 0.05) is 19.7 Å². The van der Waals surface area contributed by atoms with Crippen LogP contribution in [0.1, 0.15) is 17.5 Å². The maximum atomic E-state index is 13.0. The van der Waals surface area contributed by atoms with E-state index in [9.17, 15) is 4.39 Å². The van der Waals surface area contributed by atoms with Crippen molar-refractivity contribution in [2.45, 2.75) is 19.9 Å². The molecule has 0 saturated carbocycles. The minimum Gasteiger partial charge on any atom is -0.396 e. The minimum absolute atomic E-state index is 0.156. The average Bonchev–Trinajstić information content (AvgIpc) is 2.20. The van der Waals surface area contributed by atoms with E-state index >= 15 is 0 Å². The SMILES string of the molecule is Cc1cc(CN(C)CCCO)ccc1F. The van der Waals surface area contributed by atoms with Crippen molar-refractivity contribution in [3.8, 4) is 0 Å². The standard InChI is InChI=1S/C12H18FNO/c1-10-8-11(4-5-12(10)13)9-14(2)6-3-7-15/h4-5,8,15H,3,6-7,9H2,1-2H3. The molecular formula is C12H18FNO. The van der Waals surface area contributed by atoms with E-state index in [0.717, 1.165) is 25.1 Å². The molecule has 0 atom stereocenters. The lowest BCUT2D eigenvalue weighted by atomic mass is 10.1. The molecule has 0 fully saturated rings. The molecule has 0 unspecified atom stereocenters. The van der Waals surface area contributed by atoms with Crippen LogP contribution in [-0.2, 0) is 6.54 Å². The number of hydrogen-bond donors (Lipinski definition) is 1. The molecule has 0 spiro atoms. The highest BCUT2D eigenvalue weighted by molar-refractivity contribution is 5.23. The lowest BCUT2D eigenvalue weighted by Crippen LogP contribution is -2.19. The molecule has 0 radical (unpaired) electrons. The Balaban J connectivity index is 2.53. The van der Waals surface area contributed by atoms with Crippen LogP contribution >= 0.6 is 0 Å². The first-order chi connectivity index (χ1) is 7.13. The van der Waals surface area contributed by atoms with Gasteiger partial charge in [-0.05, 0) is 37.6 Å². The third-order valence-corrected chi connectivity index (χ3v) is 2.37. The Morgan fingerprint density at radius 1 is 1.40 bits per heavy atom. The van der Waals surface area contributed by atoms with Crippen molar-refractivity contribution >= 4 is 0 Å². The summed E-state index contributed by atoms with van der Waals surface area (Å²) in [6.45, 7) is 3.63. The number of hydrogen-bond acceptors (Lipinski definition) is 2. The second kappa shape index (κ2) is 5.83. The van der Waals surface area contributed by atoms with Gasteiger partial charge in [0.25, 0.3) is 0 Å². The van der Waals surface area contributed by atoms with E-state index in [0.29, 0.717) is 5.56 Å². The molecule has 1 aromatic carbocycles. The van der Waals surface area contributed by atoms with Gasteiger partial charge in [-0.3, -0.25) is 0 Å². The van der Waals surface area contributed by atoms with Crippen LogP contribution < -0.4 is 0 Å². The molecule has 0 heterocycles. The smallest absolute Gasteiger partial charge is 0.126 e. The van der Waals surface area contributed by atoms with Crippen LogP contribution in [0.25, 0.3) is 0 Å². The summed E-state index contributed by atoms with van der Waals surface area (Å²) in [4.78, 5) is 2.11.